The Morgan fingerprint density at radius 1 is 1.03 bits per heavy atom. The van der Waals surface area contributed by atoms with E-state index >= 15 is 0 Å². The fourth-order valence-electron chi connectivity index (χ4n) is 4.65. The molecule has 1 saturated heterocycles. The molecule has 30 heavy (non-hydrogen) atoms. The third kappa shape index (κ3) is 3.15. The van der Waals surface area contributed by atoms with E-state index in [1.165, 1.54) is 28.2 Å². The Morgan fingerprint density at radius 2 is 1.70 bits per heavy atom. The summed E-state index contributed by atoms with van der Waals surface area (Å²) in [5.41, 5.74) is 3.89. The molecule has 2 aliphatic rings. The molecule has 1 aliphatic carbocycles. The number of fused-ring (bicyclic) bond motifs is 3. The highest BCUT2D eigenvalue weighted by molar-refractivity contribution is 5.79. The van der Waals surface area contributed by atoms with E-state index in [0.717, 1.165) is 11.1 Å². The quantitative estimate of drug-likeness (QED) is 0.692. The van der Waals surface area contributed by atoms with Crippen LogP contribution in [0.1, 0.15) is 29.0 Å². The van der Waals surface area contributed by atoms with Gasteiger partial charge in [0.1, 0.15) is 18.0 Å². The lowest BCUT2D eigenvalue weighted by molar-refractivity contribution is 0.0411. The first kappa shape index (κ1) is 18.8. The molecular weight excluding hydrogens is 381 g/mol. The second kappa shape index (κ2) is 7.26. The van der Waals surface area contributed by atoms with Crippen molar-refractivity contribution in [1.29, 1.82) is 0 Å². The van der Waals surface area contributed by atoms with Crippen molar-refractivity contribution in [2.24, 2.45) is 0 Å². The Kier molecular flexibility index (Phi) is 4.55. The number of benzene rings is 3. The van der Waals surface area contributed by atoms with Gasteiger partial charge in [-0.1, -0.05) is 60.7 Å². The molecule has 3 aromatic carbocycles. The smallest absolute Gasteiger partial charge is 0.409 e. The lowest BCUT2D eigenvalue weighted by atomic mass is 9.93. The zero-order valence-corrected chi connectivity index (χ0v) is 16.4. The van der Waals surface area contributed by atoms with Gasteiger partial charge in [0.2, 0.25) is 0 Å². The first-order valence-electron chi connectivity index (χ1n) is 10.1. The Labute approximate surface area is 174 Å². The van der Waals surface area contributed by atoms with Crippen LogP contribution in [0.4, 0.5) is 9.18 Å². The number of β-amino-alcohol motifs (C(OH)–C–C–N with tert-alkyl or cyclic N) is 1. The van der Waals surface area contributed by atoms with Crippen molar-refractivity contribution >= 4 is 6.09 Å². The van der Waals surface area contributed by atoms with Gasteiger partial charge in [0.15, 0.2) is 0 Å². The fourth-order valence-corrected chi connectivity index (χ4v) is 4.65. The maximum absolute atomic E-state index is 13.6. The molecule has 1 unspecified atom stereocenters. The molecular formula is C25H22FNO3. The summed E-state index contributed by atoms with van der Waals surface area (Å²) in [5, 5.41) is 10.9. The molecule has 1 atom stereocenters. The SMILES string of the molecule is O=C(OCC1c2ccccc2-c2ccccc21)N1CCC(O)(c2cccc(F)c2)C1. The number of nitrogens with zero attached hydrogens (tertiary/aromatic N) is 1. The summed E-state index contributed by atoms with van der Waals surface area (Å²) < 4.78 is 19.2. The van der Waals surface area contributed by atoms with Gasteiger partial charge in [-0.3, -0.25) is 0 Å². The first-order chi connectivity index (χ1) is 14.5. The van der Waals surface area contributed by atoms with Gasteiger partial charge in [0.25, 0.3) is 0 Å². The maximum Gasteiger partial charge on any atom is 0.409 e. The first-order valence-corrected chi connectivity index (χ1v) is 10.1. The summed E-state index contributed by atoms with van der Waals surface area (Å²) in [4.78, 5) is 14.2. The van der Waals surface area contributed by atoms with E-state index in [9.17, 15) is 14.3 Å². The molecule has 3 aromatic rings. The highest BCUT2D eigenvalue weighted by atomic mass is 19.1. The van der Waals surface area contributed by atoms with E-state index in [-0.39, 0.29) is 19.1 Å². The molecule has 5 heteroatoms. The number of halogens is 1. The summed E-state index contributed by atoms with van der Waals surface area (Å²) >= 11 is 0. The van der Waals surface area contributed by atoms with Crippen molar-refractivity contribution in [2.75, 3.05) is 19.7 Å². The van der Waals surface area contributed by atoms with Gasteiger partial charge < -0.3 is 14.7 Å². The van der Waals surface area contributed by atoms with Gasteiger partial charge in [0, 0.05) is 12.5 Å². The third-order valence-corrected chi connectivity index (χ3v) is 6.20. The number of hydrogen-bond acceptors (Lipinski definition) is 3. The van der Waals surface area contributed by atoms with Crippen LogP contribution in [-0.2, 0) is 10.3 Å². The van der Waals surface area contributed by atoms with Crippen LogP contribution in [0, 0.1) is 5.82 Å². The molecule has 1 amide bonds. The summed E-state index contributed by atoms with van der Waals surface area (Å²) in [5.74, 6) is -0.411. The molecule has 152 valence electrons. The van der Waals surface area contributed by atoms with E-state index < -0.39 is 17.5 Å². The van der Waals surface area contributed by atoms with Gasteiger partial charge in [-0.05, 0) is 46.4 Å². The minimum atomic E-state index is -1.26. The number of amides is 1. The highest BCUT2D eigenvalue weighted by Gasteiger charge is 2.41. The topological polar surface area (TPSA) is 49.8 Å². The van der Waals surface area contributed by atoms with Gasteiger partial charge >= 0.3 is 6.09 Å². The molecule has 1 N–H and O–H groups in total. The number of likely N-dealkylation sites (tertiary alicyclic amines) is 1. The molecule has 0 saturated carbocycles. The van der Waals surface area contributed by atoms with Crippen molar-refractivity contribution in [3.05, 3.63) is 95.3 Å². The minimum Gasteiger partial charge on any atom is -0.448 e. The monoisotopic (exact) mass is 403 g/mol. The minimum absolute atomic E-state index is 0.00828. The van der Waals surface area contributed by atoms with E-state index in [4.69, 9.17) is 4.74 Å². The number of ether oxygens (including phenoxy) is 1. The number of carbonyl (C=O) groups excluding carboxylic acids is 1. The molecule has 5 rings (SSSR count). The fraction of sp³-hybridized carbons (Fsp3) is 0.240. The van der Waals surface area contributed by atoms with Crippen molar-refractivity contribution in [1.82, 2.24) is 4.90 Å². The lowest BCUT2D eigenvalue weighted by Gasteiger charge is -2.24. The molecule has 1 aliphatic heterocycles. The average molecular weight is 403 g/mol. The molecule has 0 aromatic heterocycles. The largest absolute Gasteiger partial charge is 0.448 e. The normalized spacial score (nSPS) is 20.1. The zero-order valence-electron chi connectivity index (χ0n) is 16.4. The number of aliphatic hydroxyl groups is 1. The van der Waals surface area contributed by atoms with Gasteiger partial charge in [-0.25, -0.2) is 9.18 Å². The molecule has 4 nitrogen and oxygen atoms in total. The molecule has 1 fully saturated rings. The zero-order chi connectivity index (χ0) is 20.7. The van der Waals surface area contributed by atoms with Crippen molar-refractivity contribution in [2.45, 2.75) is 17.9 Å². The van der Waals surface area contributed by atoms with Crippen LogP contribution in [0.15, 0.2) is 72.8 Å². The van der Waals surface area contributed by atoms with Crippen LogP contribution in [0.2, 0.25) is 0 Å². The number of carbonyl (C=O) groups is 1. The molecule has 0 radical (unpaired) electrons. The van der Waals surface area contributed by atoms with Crippen molar-refractivity contribution < 1.29 is 19.0 Å². The van der Waals surface area contributed by atoms with Crippen LogP contribution in [-0.4, -0.2) is 35.8 Å². The van der Waals surface area contributed by atoms with E-state index in [0.29, 0.717) is 18.5 Å². The number of rotatable bonds is 3. The standard InChI is InChI=1S/C25H22FNO3/c26-18-7-5-6-17(14-18)25(29)12-13-27(16-25)24(28)30-15-23-21-10-3-1-8-19(21)20-9-2-4-11-22(20)23/h1-11,14,23,29H,12-13,15-16H2. The van der Waals surface area contributed by atoms with Crippen LogP contribution in [0.5, 0.6) is 0 Å². The van der Waals surface area contributed by atoms with Crippen LogP contribution in [0.25, 0.3) is 11.1 Å². The van der Waals surface area contributed by atoms with E-state index in [1.807, 2.05) is 24.3 Å². The number of hydrogen-bond donors (Lipinski definition) is 1. The summed E-state index contributed by atoms with van der Waals surface area (Å²) in [7, 11) is 0. The third-order valence-electron chi connectivity index (χ3n) is 6.20. The average Bonchev–Trinajstić information content (AvgIpc) is 3.32. The van der Waals surface area contributed by atoms with Gasteiger partial charge in [-0.15, -0.1) is 0 Å². The Hall–Kier alpha value is -3.18. The van der Waals surface area contributed by atoms with Crippen molar-refractivity contribution in [3.8, 4) is 11.1 Å². The predicted octanol–water partition coefficient (Wildman–Crippen LogP) is 4.67. The molecule has 0 bridgehead atoms. The summed E-state index contributed by atoms with van der Waals surface area (Å²) in [6, 6.07) is 22.3. The molecule has 1 heterocycles. The van der Waals surface area contributed by atoms with E-state index in [2.05, 4.69) is 24.3 Å². The van der Waals surface area contributed by atoms with Crippen LogP contribution < -0.4 is 0 Å². The Morgan fingerprint density at radius 3 is 2.37 bits per heavy atom. The Balaban J connectivity index is 1.29. The maximum atomic E-state index is 13.6. The van der Waals surface area contributed by atoms with Crippen molar-refractivity contribution in [3.63, 3.8) is 0 Å². The molecule has 0 spiro atoms. The van der Waals surface area contributed by atoms with E-state index in [1.54, 1.807) is 12.1 Å². The lowest BCUT2D eigenvalue weighted by Crippen LogP contribution is -2.35. The second-order valence-electron chi connectivity index (χ2n) is 8.02. The highest BCUT2D eigenvalue weighted by Crippen LogP contribution is 2.44. The Bertz CT molecular complexity index is 1070. The van der Waals surface area contributed by atoms with Crippen LogP contribution in [0.3, 0.4) is 0 Å². The van der Waals surface area contributed by atoms with Crippen LogP contribution >= 0.6 is 0 Å². The summed E-state index contributed by atoms with van der Waals surface area (Å²) in [6.45, 7) is 0.693. The summed E-state index contributed by atoms with van der Waals surface area (Å²) in [6.07, 6.45) is -0.107. The van der Waals surface area contributed by atoms with Gasteiger partial charge in [0.05, 0.1) is 6.54 Å². The second-order valence-corrected chi connectivity index (χ2v) is 8.02. The predicted molar refractivity (Wildman–Crippen MR) is 112 cm³/mol. The van der Waals surface area contributed by atoms with Gasteiger partial charge in [-0.2, -0.15) is 0 Å².